The highest BCUT2D eigenvalue weighted by Gasteiger charge is 2.08. The van der Waals surface area contributed by atoms with E-state index in [-0.39, 0.29) is 17.6 Å². The third-order valence-corrected chi connectivity index (χ3v) is 3.77. The molecule has 0 bridgehead atoms. The van der Waals surface area contributed by atoms with Gasteiger partial charge in [-0.1, -0.05) is 35.4 Å². The van der Waals surface area contributed by atoms with Crippen molar-refractivity contribution in [2.24, 2.45) is 0 Å². The molecule has 2 N–H and O–H groups in total. The summed E-state index contributed by atoms with van der Waals surface area (Å²) in [4.78, 5) is 11.8. The van der Waals surface area contributed by atoms with Gasteiger partial charge < -0.3 is 10.1 Å². The molecule has 0 saturated heterocycles. The molecule has 0 unspecified atom stereocenters. The number of amides is 1. The van der Waals surface area contributed by atoms with E-state index in [1.807, 2.05) is 50.2 Å². The van der Waals surface area contributed by atoms with Crippen molar-refractivity contribution in [3.8, 4) is 5.75 Å². The zero-order valence-corrected chi connectivity index (χ0v) is 14.4. The molecule has 0 aliphatic heterocycles. The molecule has 2 aromatic carbocycles. The highest BCUT2D eigenvalue weighted by atomic mass is 35.5. The zero-order chi connectivity index (χ0) is 16.8. The summed E-state index contributed by atoms with van der Waals surface area (Å²) in [7, 11) is 0. The maximum absolute atomic E-state index is 11.8. The lowest BCUT2D eigenvalue weighted by atomic mass is 10.2. The third kappa shape index (κ3) is 5.23. The van der Waals surface area contributed by atoms with Crippen molar-refractivity contribution in [3.63, 3.8) is 0 Å². The predicted molar refractivity (Wildman–Crippen MR) is 97.2 cm³/mol. The summed E-state index contributed by atoms with van der Waals surface area (Å²) in [5, 5.41) is 6.35. The van der Waals surface area contributed by atoms with Crippen molar-refractivity contribution in [1.82, 2.24) is 5.32 Å². The first-order valence-electron chi connectivity index (χ1n) is 7.01. The van der Waals surface area contributed by atoms with E-state index in [0.29, 0.717) is 10.8 Å². The fourth-order valence-corrected chi connectivity index (χ4v) is 2.24. The minimum absolute atomic E-state index is 0.112. The number of nitrogens with one attached hydrogen (secondary N) is 2. The summed E-state index contributed by atoms with van der Waals surface area (Å²) in [5.41, 5.74) is 2.74. The van der Waals surface area contributed by atoms with Crippen molar-refractivity contribution in [3.05, 3.63) is 58.6 Å². The standard InChI is InChI=1S/C17H17ClN2O2S/c1-11-6-8-13(9-7-11)22-10-16(21)20-17(23)19-15-5-3-4-14(18)12(15)2/h3-9H,10H2,1-2H3,(H2,19,20,21,23). The van der Waals surface area contributed by atoms with Gasteiger partial charge in [0.05, 0.1) is 0 Å². The summed E-state index contributed by atoms with van der Waals surface area (Å²) in [6, 6.07) is 12.9. The van der Waals surface area contributed by atoms with Gasteiger partial charge in [0.1, 0.15) is 5.75 Å². The second-order valence-electron chi connectivity index (χ2n) is 5.02. The number of hydrogen-bond acceptors (Lipinski definition) is 3. The molecule has 0 saturated carbocycles. The molecular formula is C17H17ClN2O2S. The molecule has 0 heterocycles. The number of carbonyl (C=O) groups is 1. The molecule has 4 nitrogen and oxygen atoms in total. The van der Waals surface area contributed by atoms with Gasteiger partial charge in [0, 0.05) is 10.7 Å². The molecule has 6 heteroatoms. The summed E-state index contributed by atoms with van der Waals surface area (Å²) < 4.78 is 5.40. The molecule has 0 fully saturated rings. The molecule has 0 aromatic heterocycles. The van der Waals surface area contributed by atoms with Crippen LogP contribution in [0.4, 0.5) is 5.69 Å². The third-order valence-electron chi connectivity index (χ3n) is 3.16. The normalized spacial score (nSPS) is 10.0. The van der Waals surface area contributed by atoms with Gasteiger partial charge in [-0.15, -0.1) is 0 Å². The Balaban J connectivity index is 1.84. The lowest BCUT2D eigenvalue weighted by Gasteiger charge is -2.12. The number of carbonyl (C=O) groups excluding carboxylic acids is 1. The Labute approximate surface area is 145 Å². The predicted octanol–water partition coefficient (Wildman–Crippen LogP) is 3.85. The molecule has 23 heavy (non-hydrogen) atoms. The van der Waals surface area contributed by atoms with Crippen LogP contribution in [0.2, 0.25) is 5.02 Å². The number of hydrogen-bond donors (Lipinski definition) is 2. The molecule has 1 amide bonds. The maximum Gasteiger partial charge on any atom is 0.264 e. The molecule has 0 aliphatic rings. The van der Waals surface area contributed by atoms with Crippen LogP contribution in [-0.2, 0) is 4.79 Å². The highest BCUT2D eigenvalue weighted by molar-refractivity contribution is 7.80. The Morgan fingerprint density at radius 3 is 2.57 bits per heavy atom. The number of benzene rings is 2. The first kappa shape index (κ1) is 17.2. The van der Waals surface area contributed by atoms with Crippen molar-refractivity contribution >= 4 is 40.5 Å². The van der Waals surface area contributed by atoms with Gasteiger partial charge in [-0.2, -0.15) is 0 Å². The maximum atomic E-state index is 11.8. The SMILES string of the molecule is Cc1ccc(OCC(=O)NC(=S)Nc2cccc(Cl)c2C)cc1. The van der Waals surface area contributed by atoms with Crippen LogP contribution in [0, 0.1) is 13.8 Å². The zero-order valence-electron chi connectivity index (χ0n) is 12.9. The van der Waals surface area contributed by atoms with E-state index in [4.69, 9.17) is 28.6 Å². The Hall–Kier alpha value is -2.11. The second-order valence-corrected chi connectivity index (χ2v) is 5.83. The van der Waals surface area contributed by atoms with Gasteiger partial charge in [-0.25, -0.2) is 0 Å². The first-order chi connectivity index (χ1) is 11.0. The van der Waals surface area contributed by atoms with Gasteiger partial charge in [0.25, 0.3) is 5.91 Å². The van der Waals surface area contributed by atoms with Crippen molar-refractivity contribution < 1.29 is 9.53 Å². The van der Waals surface area contributed by atoms with Crippen molar-refractivity contribution in [2.45, 2.75) is 13.8 Å². The second kappa shape index (κ2) is 7.94. The number of halogens is 1. The van der Waals surface area contributed by atoms with Crippen LogP contribution >= 0.6 is 23.8 Å². The first-order valence-corrected chi connectivity index (χ1v) is 7.80. The summed E-state index contributed by atoms with van der Waals surface area (Å²) in [6.07, 6.45) is 0. The molecular weight excluding hydrogens is 332 g/mol. The van der Waals surface area contributed by atoms with Gasteiger partial charge >= 0.3 is 0 Å². The van der Waals surface area contributed by atoms with Gasteiger partial charge in [-0.3, -0.25) is 10.1 Å². The average molecular weight is 349 g/mol. The van der Waals surface area contributed by atoms with Gasteiger partial charge in [0.15, 0.2) is 11.7 Å². The van der Waals surface area contributed by atoms with Crippen LogP contribution in [0.15, 0.2) is 42.5 Å². The van der Waals surface area contributed by atoms with Crippen LogP contribution in [0.1, 0.15) is 11.1 Å². The Morgan fingerprint density at radius 1 is 1.17 bits per heavy atom. The van der Waals surface area contributed by atoms with Crippen LogP contribution in [0.3, 0.4) is 0 Å². The summed E-state index contributed by atoms with van der Waals surface area (Å²) in [6.45, 7) is 3.74. The van der Waals surface area contributed by atoms with E-state index in [0.717, 1.165) is 16.8 Å². The van der Waals surface area contributed by atoms with E-state index in [2.05, 4.69) is 10.6 Å². The van der Waals surface area contributed by atoms with E-state index >= 15 is 0 Å². The molecule has 2 aromatic rings. The number of thiocarbonyl (C=S) groups is 1. The monoisotopic (exact) mass is 348 g/mol. The molecule has 0 spiro atoms. The van der Waals surface area contributed by atoms with E-state index in [1.54, 1.807) is 6.07 Å². The lowest BCUT2D eigenvalue weighted by molar-refractivity contribution is -0.121. The number of ether oxygens (including phenoxy) is 1. The van der Waals surface area contributed by atoms with Crippen molar-refractivity contribution in [1.29, 1.82) is 0 Å². The van der Waals surface area contributed by atoms with Crippen LogP contribution in [-0.4, -0.2) is 17.6 Å². The number of anilines is 1. The van der Waals surface area contributed by atoms with Crippen molar-refractivity contribution in [2.75, 3.05) is 11.9 Å². The molecule has 0 aliphatic carbocycles. The lowest BCUT2D eigenvalue weighted by Crippen LogP contribution is -2.37. The number of rotatable bonds is 4. The Kier molecular flexibility index (Phi) is 5.96. The Bertz CT molecular complexity index is 717. The molecule has 0 atom stereocenters. The van der Waals surface area contributed by atoms with Gasteiger partial charge in [0.2, 0.25) is 0 Å². The van der Waals surface area contributed by atoms with E-state index in [1.165, 1.54) is 0 Å². The van der Waals surface area contributed by atoms with Crippen LogP contribution < -0.4 is 15.4 Å². The fraction of sp³-hybridized carbons (Fsp3) is 0.176. The minimum Gasteiger partial charge on any atom is -0.484 e. The quantitative estimate of drug-likeness (QED) is 0.824. The van der Waals surface area contributed by atoms with E-state index < -0.39 is 0 Å². The highest BCUT2D eigenvalue weighted by Crippen LogP contribution is 2.22. The summed E-state index contributed by atoms with van der Waals surface area (Å²) in [5.74, 6) is 0.304. The minimum atomic E-state index is -0.331. The molecule has 2 rings (SSSR count). The fourth-order valence-electron chi connectivity index (χ4n) is 1.84. The topological polar surface area (TPSA) is 50.4 Å². The summed E-state index contributed by atoms with van der Waals surface area (Å²) >= 11 is 11.2. The smallest absolute Gasteiger partial charge is 0.264 e. The largest absolute Gasteiger partial charge is 0.484 e. The number of aryl methyl sites for hydroxylation is 1. The average Bonchev–Trinajstić information content (AvgIpc) is 2.51. The molecule has 0 radical (unpaired) electrons. The van der Waals surface area contributed by atoms with Crippen LogP contribution in [0.5, 0.6) is 5.75 Å². The van der Waals surface area contributed by atoms with Crippen LogP contribution in [0.25, 0.3) is 0 Å². The van der Waals surface area contributed by atoms with E-state index in [9.17, 15) is 4.79 Å². The Morgan fingerprint density at radius 2 is 1.87 bits per heavy atom. The van der Waals surface area contributed by atoms with Gasteiger partial charge in [-0.05, 0) is 55.9 Å². The molecule has 120 valence electrons.